The highest BCUT2D eigenvalue weighted by Gasteiger charge is 2.44. The lowest BCUT2D eigenvalue weighted by atomic mass is 9.99. The molecule has 1 amide bonds. The van der Waals surface area contributed by atoms with E-state index in [-0.39, 0.29) is 23.6 Å². The van der Waals surface area contributed by atoms with Crippen LogP contribution >= 0.6 is 11.6 Å². The fourth-order valence-electron chi connectivity index (χ4n) is 2.34. The second-order valence-corrected chi connectivity index (χ2v) is 5.35. The Bertz CT molecular complexity index is 566. The van der Waals surface area contributed by atoms with Crippen LogP contribution in [0.3, 0.4) is 0 Å². The van der Waals surface area contributed by atoms with Gasteiger partial charge >= 0.3 is 12.1 Å². The largest absolute Gasteiger partial charge is 0.471 e. The molecule has 1 aliphatic rings. The lowest BCUT2D eigenvalue weighted by molar-refractivity contribution is -0.174. The summed E-state index contributed by atoms with van der Waals surface area (Å²) in [7, 11) is 0. The third-order valence-electron chi connectivity index (χ3n) is 3.42. The lowest BCUT2D eigenvalue weighted by Crippen LogP contribution is -2.51. The molecule has 0 bridgehead atoms. The van der Waals surface area contributed by atoms with Gasteiger partial charge in [-0.05, 0) is 18.1 Å². The summed E-state index contributed by atoms with van der Waals surface area (Å²) in [5.41, 5.74) is 0.130. The molecular weight excluding hydrogens is 331 g/mol. The molecule has 1 aromatic rings. The Morgan fingerprint density at radius 1 is 1.41 bits per heavy atom. The normalized spacial score (nSPS) is 25.3. The van der Waals surface area contributed by atoms with Gasteiger partial charge in [0.25, 0.3) is 0 Å². The first-order chi connectivity index (χ1) is 10.2. The van der Waals surface area contributed by atoms with Crippen LogP contribution in [0.1, 0.15) is 5.56 Å². The molecule has 0 aromatic heterocycles. The van der Waals surface area contributed by atoms with Gasteiger partial charge in [-0.15, -0.1) is 0 Å². The molecule has 0 saturated carbocycles. The topological polar surface area (TPSA) is 41.1 Å². The first-order valence-electron chi connectivity index (χ1n) is 6.38. The van der Waals surface area contributed by atoms with E-state index in [0.29, 0.717) is 0 Å². The maximum atomic E-state index is 13.8. The first kappa shape index (κ1) is 17.0. The Labute approximate surface area is 127 Å². The predicted octanol–water partition coefficient (Wildman–Crippen LogP) is 2.38. The Hall–Kier alpha value is -1.41. The van der Waals surface area contributed by atoms with Crippen LogP contribution in [-0.4, -0.2) is 36.9 Å². The predicted molar refractivity (Wildman–Crippen MR) is 69.8 cm³/mol. The first-order valence-corrected chi connectivity index (χ1v) is 6.76. The van der Waals surface area contributed by atoms with Gasteiger partial charge in [0.2, 0.25) is 0 Å². The monoisotopic (exact) mass is 342 g/mol. The van der Waals surface area contributed by atoms with E-state index in [0.717, 1.165) is 0 Å². The minimum Gasteiger partial charge on any atom is -0.341 e. The number of rotatable bonds is 3. The molecule has 22 heavy (non-hydrogen) atoms. The van der Waals surface area contributed by atoms with Gasteiger partial charge in [0.1, 0.15) is 12.0 Å². The van der Waals surface area contributed by atoms with Crippen LogP contribution in [0.2, 0.25) is 5.02 Å². The number of carbonyl (C=O) groups excluding carboxylic acids is 1. The number of alkyl halides is 4. The quantitative estimate of drug-likeness (QED) is 0.828. The molecule has 2 N–H and O–H groups in total. The van der Waals surface area contributed by atoms with Crippen LogP contribution in [0.15, 0.2) is 18.2 Å². The molecule has 1 aromatic carbocycles. The van der Waals surface area contributed by atoms with E-state index in [9.17, 15) is 26.7 Å². The number of halogens is 6. The summed E-state index contributed by atoms with van der Waals surface area (Å²) in [5.74, 6) is -2.94. The van der Waals surface area contributed by atoms with Crippen molar-refractivity contribution in [2.45, 2.75) is 30.9 Å². The Morgan fingerprint density at radius 2 is 2.09 bits per heavy atom. The molecule has 9 heteroatoms. The number of carbonyl (C=O) groups is 1. The van der Waals surface area contributed by atoms with Crippen molar-refractivity contribution in [2.75, 3.05) is 6.54 Å². The summed E-state index contributed by atoms with van der Waals surface area (Å²) >= 11 is 5.62. The zero-order valence-corrected chi connectivity index (χ0v) is 11.8. The van der Waals surface area contributed by atoms with Gasteiger partial charge in [-0.25, -0.2) is 8.78 Å². The van der Waals surface area contributed by atoms with Crippen molar-refractivity contribution in [3.63, 3.8) is 0 Å². The van der Waals surface area contributed by atoms with Crippen LogP contribution < -0.4 is 10.6 Å². The lowest BCUT2D eigenvalue weighted by Gasteiger charge is -2.23. The average molecular weight is 343 g/mol. The number of amides is 1. The van der Waals surface area contributed by atoms with E-state index in [2.05, 4.69) is 5.32 Å². The van der Waals surface area contributed by atoms with Crippen molar-refractivity contribution < 1.29 is 26.7 Å². The molecule has 3 unspecified atom stereocenters. The Morgan fingerprint density at radius 3 is 2.73 bits per heavy atom. The summed E-state index contributed by atoms with van der Waals surface area (Å²) in [6, 6.07) is 1.94. The number of benzene rings is 1. The summed E-state index contributed by atoms with van der Waals surface area (Å²) in [4.78, 5) is 11.0. The zero-order valence-electron chi connectivity index (χ0n) is 11.1. The minimum atomic E-state index is -5.10. The standard InChI is InChI=1S/C13H12ClF5N2O/c14-7-3-1-2-6(10(7)16)4-9-11(8(15)5-20-9)21-12(22)13(17,18)19/h1-3,8-9,11,20H,4-5H2,(H,21,22). The third kappa shape index (κ3) is 3.67. The molecule has 1 saturated heterocycles. The van der Waals surface area contributed by atoms with Gasteiger partial charge in [-0.1, -0.05) is 23.7 Å². The van der Waals surface area contributed by atoms with Gasteiger partial charge in [0.05, 0.1) is 11.1 Å². The molecule has 3 nitrogen and oxygen atoms in total. The second kappa shape index (κ2) is 6.37. The van der Waals surface area contributed by atoms with Gasteiger partial charge < -0.3 is 10.6 Å². The van der Waals surface area contributed by atoms with E-state index < -0.39 is 36.2 Å². The molecule has 122 valence electrons. The van der Waals surface area contributed by atoms with Crippen LogP contribution in [0.5, 0.6) is 0 Å². The van der Waals surface area contributed by atoms with Gasteiger partial charge in [0, 0.05) is 12.6 Å². The maximum Gasteiger partial charge on any atom is 0.471 e. The molecule has 0 spiro atoms. The zero-order chi connectivity index (χ0) is 16.5. The maximum absolute atomic E-state index is 13.8. The third-order valence-corrected chi connectivity index (χ3v) is 3.72. The van der Waals surface area contributed by atoms with E-state index in [1.807, 2.05) is 0 Å². The smallest absolute Gasteiger partial charge is 0.341 e. The summed E-state index contributed by atoms with van der Waals surface area (Å²) in [6.07, 6.45) is -6.90. The van der Waals surface area contributed by atoms with Crippen LogP contribution in [0, 0.1) is 5.82 Å². The highest BCUT2D eigenvalue weighted by Crippen LogP contribution is 2.23. The Kier molecular flexibility index (Phi) is 4.91. The van der Waals surface area contributed by atoms with Gasteiger partial charge in [0.15, 0.2) is 0 Å². The van der Waals surface area contributed by atoms with Crippen molar-refractivity contribution in [1.82, 2.24) is 10.6 Å². The van der Waals surface area contributed by atoms with Crippen LogP contribution in [0.4, 0.5) is 22.0 Å². The molecule has 2 rings (SSSR count). The number of hydrogen-bond acceptors (Lipinski definition) is 2. The van der Waals surface area contributed by atoms with Crippen molar-refractivity contribution in [2.24, 2.45) is 0 Å². The van der Waals surface area contributed by atoms with E-state index in [1.54, 1.807) is 5.32 Å². The summed E-state index contributed by atoms with van der Waals surface area (Å²) in [5, 5.41) is 4.12. The molecule has 3 atom stereocenters. The summed E-state index contributed by atoms with van der Waals surface area (Å²) < 4.78 is 64.3. The molecule has 0 radical (unpaired) electrons. The minimum absolute atomic E-state index is 0.102. The second-order valence-electron chi connectivity index (χ2n) is 4.94. The molecule has 1 heterocycles. The fourth-order valence-corrected chi connectivity index (χ4v) is 2.53. The molecule has 1 fully saturated rings. The average Bonchev–Trinajstić information content (AvgIpc) is 2.75. The van der Waals surface area contributed by atoms with Crippen LogP contribution in [0.25, 0.3) is 0 Å². The SMILES string of the molecule is O=C(NC1C(F)CNC1Cc1cccc(Cl)c1F)C(F)(F)F. The van der Waals surface area contributed by atoms with E-state index in [4.69, 9.17) is 11.6 Å². The van der Waals surface area contributed by atoms with Crippen molar-refractivity contribution in [3.8, 4) is 0 Å². The summed E-state index contributed by atoms with van der Waals surface area (Å²) in [6.45, 7) is -0.227. The number of hydrogen-bond donors (Lipinski definition) is 2. The van der Waals surface area contributed by atoms with Gasteiger partial charge in [-0.2, -0.15) is 13.2 Å². The van der Waals surface area contributed by atoms with Crippen molar-refractivity contribution in [1.29, 1.82) is 0 Å². The van der Waals surface area contributed by atoms with Gasteiger partial charge in [-0.3, -0.25) is 4.79 Å². The van der Waals surface area contributed by atoms with E-state index in [1.165, 1.54) is 18.2 Å². The van der Waals surface area contributed by atoms with E-state index >= 15 is 0 Å². The van der Waals surface area contributed by atoms with Crippen LogP contribution in [-0.2, 0) is 11.2 Å². The molecule has 0 aliphatic carbocycles. The highest BCUT2D eigenvalue weighted by molar-refractivity contribution is 6.30. The highest BCUT2D eigenvalue weighted by atomic mass is 35.5. The molecular formula is C13H12ClF5N2O. The fraction of sp³-hybridized carbons (Fsp3) is 0.462. The Balaban J connectivity index is 2.12. The molecule has 1 aliphatic heterocycles. The van der Waals surface area contributed by atoms with Crippen molar-refractivity contribution in [3.05, 3.63) is 34.6 Å². The van der Waals surface area contributed by atoms with Crippen molar-refractivity contribution >= 4 is 17.5 Å². The number of nitrogens with one attached hydrogen (secondary N) is 2.